The van der Waals surface area contributed by atoms with Crippen LogP contribution in [0.25, 0.3) is 10.9 Å². The van der Waals surface area contributed by atoms with E-state index in [9.17, 15) is 34.8 Å². The minimum absolute atomic E-state index is 0.319. The van der Waals surface area contributed by atoms with E-state index in [-0.39, 0.29) is 6.42 Å². The van der Waals surface area contributed by atoms with Crippen molar-refractivity contribution in [2.24, 2.45) is 0 Å². The van der Waals surface area contributed by atoms with Crippen molar-refractivity contribution >= 4 is 44.7 Å². The van der Waals surface area contributed by atoms with Gasteiger partial charge >= 0.3 is 11.9 Å². The number of carboxylic acids is 2. The number of ether oxygens (including phenoxy) is 1. The van der Waals surface area contributed by atoms with Gasteiger partial charge in [0.05, 0.1) is 25.0 Å². The van der Waals surface area contributed by atoms with Crippen molar-refractivity contribution < 1.29 is 49.8 Å². The second-order valence-electron chi connectivity index (χ2n) is 7.68. The Hall–Kier alpha value is -2.55. The monoisotopic (exact) mass is 530 g/mol. The van der Waals surface area contributed by atoms with Gasteiger partial charge in [0.1, 0.15) is 30.5 Å². The molecule has 1 fully saturated rings. The molecule has 0 bridgehead atoms. The van der Waals surface area contributed by atoms with Crippen molar-refractivity contribution in [3.8, 4) is 0 Å². The van der Waals surface area contributed by atoms with Crippen LogP contribution in [0.2, 0.25) is 0 Å². The zero-order valence-electron chi connectivity index (χ0n) is 17.0. The molecule has 13 heteroatoms. The predicted octanol–water partition coefficient (Wildman–Crippen LogP) is -1.04. The molecule has 7 N–H and O–H groups in total. The van der Waals surface area contributed by atoms with E-state index in [2.05, 4.69) is 21.2 Å². The summed E-state index contributed by atoms with van der Waals surface area (Å²) in [6, 6.07) is 3.43. The number of aliphatic carboxylic acids is 2. The number of nitrogens with zero attached hydrogens (tertiary/aromatic N) is 1. The smallest absolute Gasteiger partial charge is 0.326 e. The van der Waals surface area contributed by atoms with Crippen molar-refractivity contribution in [3.05, 3.63) is 34.4 Å². The summed E-state index contributed by atoms with van der Waals surface area (Å²) in [5, 5.41) is 60.8. The molecule has 33 heavy (non-hydrogen) atoms. The number of rotatable bonds is 8. The quantitative estimate of drug-likeness (QED) is 0.221. The molecule has 3 rings (SSSR count). The molecule has 2 aromatic rings. The van der Waals surface area contributed by atoms with Crippen molar-refractivity contribution in [1.82, 2.24) is 9.88 Å². The number of hydrogen-bond donors (Lipinski definition) is 7. The number of nitrogens with one attached hydrogen (secondary N) is 1. The Morgan fingerprint density at radius 1 is 1.12 bits per heavy atom. The highest BCUT2D eigenvalue weighted by molar-refractivity contribution is 9.10. The van der Waals surface area contributed by atoms with E-state index in [0.717, 1.165) is 0 Å². The van der Waals surface area contributed by atoms with Crippen LogP contribution in [0.15, 0.2) is 28.9 Å². The fourth-order valence-corrected chi connectivity index (χ4v) is 4.11. The Labute approximate surface area is 195 Å². The van der Waals surface area contributed by atoms with Crippen molar-refractivity contribution in [3.63, 3.8) is 0 Å². The zero-order valence-corrected chi connectivity index (χ0v) is 18.6. The molecule has 1 aromatic carbocycles. The second kappa shape index (κ2) is 10.2. The largest absolute Gasteiger partial charge is 0.481 e. The molecule has 12 nitrogen and oxygen atoms in total. The first-order valence-corrected chi connectivity index (χ1v) is 10.7. The van der Waals surface area contributed by atoms with Gasteiger partial charge in [0.25, 0.3) is 0 Å². The standard InChI is InChI=1S/C20H23BrN2O10/c21-9-1-2-12-10(4-9)8(3-14(25)22-11(20(31)32)5-15(26)27)6-23(12)19-18(30)17(29)16(28)13(7-24)33-19/h1-2,4,6,11,13,16-19,24,28-30H,3,5,7H2,(H,22,25)(H,26,27)(H,31,32)/t11?,13-,16-,17+,18-,19-/m1/s1. The third-order valence-electron chi connectivity index (χ3n) is 5.38. The van der Waals surface area contributed by atoms with Gasteiger partial charge in [-0.25, -0.2) is 4.79 Å². The minimum atomic E-state index is -1.61. The molecule has 1 amide bonds. The number of carboxylic acid groups (broad SMARTS) is 2. The first kappa shape index (κ1) is 25.1. The topological polar surface area (TPSA) is 199 Å². The maximum absolute atomic E-state index is 12.5. The van der Waals surface area contributed by atoms with E-state index in [1.54, 1.807) is 18.2 Å². The molecule has 0 saturated carbocycles. The number of aliphatic hydroxyl groups is 4. The van der Waals surface area contributed by atoms with Crippen LogP contribution in [-0.4, -0.2) is 90.1 Å². The van der Waals surface area contributed by atoms with E-state index >= 15 is 0 Å². The first-order valence-electron chi connectivity index (χ1n) is 9.87. The molecule has 0 spiro atoms. The normalized spacial score (nSPS) is 26.2. The first-order chi connectivity index (χ1) is 15.5. The van der Waals surface area contributed by atoms with Gasteiger partial charge < -0.3 is 45.3 Å². The maximum atomic E-state index is 12.5. The van der Waals surface area contributed by atoms with Gasteiger partial charge in [0.15, 0.2) is 6.23 Å². The second-order valence-corrected chi connectivity index (χ2v) is 8.59. The van der Waals surface area contributed by atoms with Crippen LogP contribution in [0.3, 0.4) is 0 Å². The molecule has 1 unspecified atom stereocenters. The third kappa shape index (κ3) is 5.34. The number of fused-ring (bicyclic) bond motifs is 1. The number of hydrogen-bond acceptors (Lipinski definition) is 8. The summed E-state index contributed by atoms with van der Waals surface area (Å²) < 4.78 is 7.72. The number of carbonyl (C=O) groups is 3. The third-order valence-corrected chi connectivity index (χ3v) is 5.88. The summed E-state index contributed by atoms with van der Waals surface area (Å²) in [5.41, 5.74) is 0.894. The molecule has 1 aliphatic rings. The van der Waals surface area contributed by atoms with Gasteiger partial charge in [-0.05, 0) is 23.8 Å². The fourth-order valence-electron chi connectivity index (χ4n) is 3.75. The average molecular weight is 531 g/mol. The van der Waals surface area contributed by atoms with Crippen LogP contribution in [0.1, 0.15) is 18.2 Å². The van der Waals surface area contributed by atoms with Gasteiger partial charge in [0, 0.05) is 16.1 Å². The molecule has 0 radical (unpaired) electrons. The van der Waals surface area contributed by atoms with Gasteiger partial charge in [-0.2, -0.15) is 0 Å². The summed E-state index contributed by atoms with van der Waals surface area (Å²) in [5.74, 6) is -3.61. The molecular formula is C20H23BrN2O10. The molecule has 2 heterocycles. The predicted molar refractivity (Wildman–Crippen MR) is 114 cm³/mol. The lowest BCUT2D eigenvalue weighted by atomic mass is 9.98. The number of halogens is 1. The van der Waals surface area contributed by atoms with Crippen molar-refractivity contribution in [1.29, 1.82) is 0 Å². The van der Waals surface area contributed by atoms with Crippen LogP contribution in [-0.2, 0) is 25.5 Å². The Balaban J connectivity index is 1.94. The molecular weight excluding hydrogens is 508 g/mol. The lowest BCUT2D eigenvalue weighted by Gasteiger charge is -2.40. The Morgan fingerprint density at radius 3 is 2.42 bits per heavy atom. The minimum Gasteiger partial charge on any atom is -0.481 e. The molecule has 180 valence electrons. The highest BCUT2D eigenvalue weighted by atomic mass is 79.9. The van der Waals surface area contributed by atoms with E-state index < -0.39 is 67.6 Å². The van der Waals surface area contributed by atoms with Crippen LogP contribution >= 0.6 is 15.9 Å². The summed E-state index contributed by atoms with van der Waals surface area (Å²) in [6.07, 6.45) is -6.69. The number of benzene rings is 1. The lowest BCUT2D eigenvalue weighted by Crippen LogP contribution is -2.56. The molecule has 6 atom stereocenters. The Morgan fingerprint density at radius 2 is 1.82 bits per heavy atom. The molecule has 1 saturated heterocycles. The Bertz CT molecular complexity index is 1050. The number of amides is 1. The van der Waals surface area contributed by atoms with Crippen molar-refractivity contribution in [2.45, 2.75) is 49.5 Å². The van der Waals surface area contributed by atoms with Crippen LogP contribution in [0.5, 0.6) is 0 Å². The lowest BCUT2D eigenvalue weighted by molar-refractivity contribution is -0.250. The van der Waals surface area contributed by atoms with E-state index in [1.807, 2.05) is 0 Å². The number of aromatic nitrogens is 1. The summed E-state index contributed by atoms with van der Waals surface area (Å²) in [4.78, 5) is 34.6. The van der Waals surface area contributed by atoms with Crippen LogP contribution in [0, 0.1) is 0 Å². The van der Waals surface area contributed by atoms with E-state index in [0.29, 0.717) is 20.9 Å². The highest BCUT2D eigenvalue weighted by Crippen LogP contribution is 2.34. The van der Waals surface area contributed by atoms with E-state index in [1.165, 1.54) is 10.8 Å². The highest BCUT2D eigenvalue weighted by Gasteiger charge is 2.44. The maximum Gasteiger partial charge on any atom is 0.326 e. The Kier molecular flexibility index (Phi) is 7.72. The SMILES string of the molecule is O=C(O)CC(NC(=O)Cc1cn([C@@H]2O[C@H](CO)[C@@H](O)[C@H](O)[C@H]2O)c2ccc(Br)cc12)C(=O)O. The van der Waals surface area contributed by atoms with Crippen molar-refractivity contribution in [2.75, 3.05) is 6.61 Å². The van der Waals surface area contributed by atoms with Gasteiger partial charge in [-0.3, -0.25) is 9.59 Å². The van der Waals surface area contributed by atoms with E-state index in [4.69, 9.17) is 14.9 Å². The fraction of sp³-hybridized carbons (Fsp3) is 0.450. The summed E-state index contributed by atoms with van der Waals surface area (Å²) >= 11 is 3.34. The average Bonchev–Trinajstić information content (AvgIpc) is 3.08. The summed E-state index contributed by atoms with van der Waals surface area (Å²) in [6.45, 7) is -0.610. The van der Waals surface area contributed by atoms with Gasteiger partial charge in [0.2, 0.25) is 5.91 Å². The zero-order chi connectivity index (χ0) is 24.4. The molecule has 1 aliphatic heterocycles. The number of aliphatic hydroxyl groups excluding tert-OH is 4. The number of carbonyl (C=O) groups excluding carboxylic acids is 1. The molecule has 0 aliphatic carbocycles. The van der Waals surface area contributed by atoms with Crippen LogP contribution in [0.4, 0.5) is 0 Å². The van der Waals surface area contributed by atoms with Gasteiger partial charge in [-0.15, -0.1) is 0 Å². The van der Waals surface area contributed by atoms with Gasteiger partial charge in [-0.1, -0.05) is 15.9 Å². The summed E-state index contributed by atoms with van der Waals surface area (Å²) in [7, 11) is 0. The van der Waals surface area contributed by atoms with Crippen LogP contribution < -0.4 is 5.32 Å². The molecule has 1 aromatic heterocycles.